The molecule has 1 amide bonds. The average Bonchev–Trinajstić information content (AvgIpc) is 2.60. The summed E-state index contributed by atoms with van der Waals surface area (Å²) in [7, 11) is 0. The molecule has 2 aromatic carbocycles. The van der Waals surface area contributed by atoms with Gasteiger partial charge in [-0.15, -0.1) is 0 Å². The topological polar surface area (TPSA) is 75.3 Å². The number of aliphatic hydroxyl groups is 1. The number of nitrogens with one attached hydrogen (secondary N) is 1. The molecule has 3 atom stereocenters. The Balaban J connectivity index is 2.02. The van der Waals surface area contributed by atoms with Gasteiger partial charge in [-0.2, -0.15) is 11.8 Å². The maximum Gasteiger partial charge on any atom is 0.250 e. The Morgan fingerprint density at radius 1 is 1.25 bits per heavy atom. The third kappa shape index (κ3) is 4.72. The van der Waals surface area contributed by atoms with Crippen molar-refractivity contribution in [2.75, 3.05) is 11.5 Å². The summed E-state index contributed by atoms with van der Waals surface area (Å²) in [6, 6.07) is 13.3. The van der Waals surface area contributed by atoms with Crippen molar-refractivity contribution >= 4 is 28.4 Å². The van der Waals surface area contributed by atoms with Crippen LogP contribution in [0.15, 0.2) is 42.5 Å². The van der Waals surface area contributed by atoms with Gasteiger partial charge in [0.1, 0.15) is 6.10 Å². The Labute approximate surface area is 147 Å². The van der Waals surface area contributed by atoms with Gasteiger partial charge < -0.3 is 16.2 Å². The highest BCUT2D eigenvalue weighted by atomic mass is 32.2. The first-order valence-electron chi connectivity index (χ1n) is 8.34. The van der Waals surface area contributed by atoms with Crippen molar-refractivity contribution in [2.45, 2.75) is 38.5 Å². The Kier molecular flexibility index (Phi) is 7.09. The van der Waals surface area contributed by atoms with E-state index < -0.39 is 18.1 Å². The zero-order valence-corrected chi connectivity index (χ0v) is 15.1. The molecule has 24 heavy (non-hydrogen) atoms. The summed E-state index contributed by atoms with van der Waals surface area (Å²) in [5.41, 5.74) is 6.97. The van der Waals surface area contributed by atoms with Crippen molar-refractivity contribution in [3.63, 3.8) is 0 Å². The molecule has 4 nitrogen and oxygen atoms in total. The summed E-state index contributed by atoms with van der Waals surface area (Å²) in [5.74, 6) is 1.44. The van der Waals surface area contributed by atoms with Crippen LogP contribution in [0.3, 0.4) is 0 Å². The van der Waals surface area contributed by atoms with Crippen LogP contribution in [0.1, 0.15) is 31.9 Å². The van der Waals surface area contributed by atoms with E-state index in [0.29, 0.717) is 6.42 Å². The Morgan fingerprint density at radius 2 is 1.96 bits per heavy atom. The maximum absolute atomic E-state index is 12.3. The van der Waals surface area contributed by atoms with E-state index in [4.69, 9.17) is 5.73 Å². The highest BCUT2D eigenvalue weighted by Gasteiger charge is 2.24. The molecule has 130 valence electrons. The molecule has 0 heterocycles. The van der Waals surface area contributed by atoms with E-state index in [1.807, 2.05) is 49.4 Å². The lowest BCUT2D eigenvalue weighted by molar-refractivity contribution is -0.131. The summed E-state index contributed by atoms with van der Waals surface area (Å²) < 4.78 is 0. The first-order valence-corrected chi connectivity index (χ1v) is 9.49. The van der Waals surface area contributed by atoms with Gasteiger partial charge in [0.25, 0.3) is 5.91 Å². The molecule has 5 heteroatoms. The van der Waals surface area contributed by atoms with Crippen LogP contribution in [-0.2, 0) is 4.79 Å². The molecule has 0 unspecified atom stereocenters. The molecule has 2 aromatic rings. The number of benzene rings is 2. The summed E-state index contributed by atoms with van der Waals surface area (Å²) in [6.45, 7) is 4.00. The Bertz CT molecular complexity index is 672. The number of fused-ring (bicyclic) bond motifs is 1. The van der Waals surface area contributed by atoms with Gasteiger partial charge >= 0.3 is 0 Å². The number of thioether (sulfide) groups is 1. The van der Waals surface area contributed by atoms with E-state index in [1.54, 1.807) is 11.8 Å². The summed E-state index contributed by atoms with van der Waals surface area (Å²) in [6.07, 6.45) is -0.560. The SMILES string of the molecule is CCSCC[C@H](N)[C@H](O)C(=O)N[C@@H](C)c1cccc2ccccc12. The van der Waals surface area contributed by atoms with Gasteiger partial charge in [0.15, 0.2) is 0 Å². The van der Waals surface area contributed by atoms with Crippen LogP contribution in [0.5, 0.6) is 0 Å². The molecule has 0 bridgehead atoms. The van der Waals surface area contributed by atoms with Gasteiger partial charge in [0.05, 0.1) is 6.04 Å². The molecule has 0 aliphatic carbocycles. The third-order valence-corrected chi connectivity index (χ3v) is 5.06. The van der Waals surface area contributed by atoms with E-state index in [-0.39, 0.29) is 6.04 Å². The van der Waals surface area contributed by atoms with E-state index in [2.05, 4.69) is 12.2 Å². The molecule has 0 saturated carbocycles. The van der Waals surface area contributed by atoms with E-state index in [0.717, 1.165) is 27.8 Å². The van der Waals surface area contributed by atoms with Crippen LogP contribution in [0, 0.1) is 0 Å². The highest BCUT2D eigenvalue weighted by molar-refractivity contribution is 7.99. The molecule has 0 spiro atoms. The maximum atomic E-state index is 12.3. The quantitative estimate of drug-likeness (QED) is 0.643. The number of aliphatic hydroxyl groups excluding tert-OH is 1. The van der Waals surface area contributed by atoms with Crippen molar-refractivity contribution in [1.29, 1.82) is 0 Å². The largest absolute Gasteiger partial charge is 0.382 e. The standard InChI is InChI=1S/C19H26N2O2S/c1-3-24-12-11-17(20)18(22)19(23)21-13(2)15-10-6-8-14-7-4-5-9-16(14)15/h4-10,13,17-18,22H,3,11-12,20H2,1-2H3,(H,21,23)/t13-,17-,18-/m0/s1. The first kappa shape index (κ1) is 18.8. The molecular formula is C19H26N2O2S. The lowest BCUT2D eigenvalue weighted by Crippen LogP contribution is -2.47. The van der Waals surface area contributed by atoms with Gasteiger partial charge in [0, 0.05) is 6.04 Å². The zero-order valence-electron chi connectivity index (χ0n) is 14.2. The minimum Gasteiger partial charge on any atom is -0.382 e. The Morgan fingerprint density at radius 3 is 2.71 bits per heavy atom. The normalized spacial score (nSPS) is 15.0. The first-order chi connectivity index (χ1) is 11.5. The van der Waals surface area contributed by atoms with Crippen molar-refractivity contribution in [1.82, 2.24) is 5.32 Å². The van der Waals surface area contributed by atoms with Gasteiger partial charge in [0.2, 0.25) is 0 Å². The number of rotatable bonds is 8. The number of hydrogen-bond acceptors (Lipinski definition) is 4. The van der Waals surface area contributed by atoms with E-state index >= 15 is 0 Å². The predicted octanol–water partition coefficient (Wildman–Crippen LogP) is 2.85. The molecule has 0 aliphatic heterocycles. The third-order valence-electron chi connectivity index (χ3n) is 4.12. The number of nitrogens with two attached hydrogens (primary N) is 1. The van der Waals surface area contributed by atoms with Crippen LogP contribution < -0.4 is 11.1 Å². The van der Waals surface area contributed by atoms with E-state index in [9.17, 15) is 9.90 Å². The van der Waals surface area contributed by atoms with Crippen molar-refractivity contribution < 1.29 is 9.90 Å². The van der Waals surface area contributed by atoms with Crippen LogP contribution in [0.25, 0.3) is 10.8 Å². The minimum atomic E-state index is -1.18. The van der Waals surface area contributed by atoms with Gasteiger partial charge in [-0.25, -0.2) is 0 Å². The van der Waals surface area contributed by atoms with Crippen molar-refractivity contribution in [2.24, 2.45) is 5.73 Å². The fraction of sp³-hybridized carbons (Fsp3) is 0.421. The van der Waals surface area contributed by atoms with Crippen LogP contribution in [0.2, 0.25) is 0 Å². The molecule has 0 radical (unpaired) electrons. The van der Waals surface area contributed by atoms with Gasteiger partial charge in [-0.05, 0) is 41.2 Å². The molecule has 0 aliphatic rings. The number of hydrogen-bond donors (Lipinski definition) is 3. The lowest BCUT2D eigenvalue weighted by atomic mass is 9.99. The second kappa shape index (κ2) is 9.06. The van der Waals surface area contributed by atoms with E-state index in [1.165, 1.54) is 0 Å². The van der Waals surface area contributed by atoms with Crippen LogP contribution in [-0.4, -0.2) is 34.7 Å². The lowest BCUT2D eigenvalue weighted by Gasteiger charge is -2.22. The monoisotopic (exact) mass is 346 g/mol. The molecule has 4 N–H and O–H groups in total. The van der Waals surface area contributed by atoms with Crippen LogP contribution >= 0.6 is 11.8 Å². The van der Waals surface area contributed by atoms with Crippen molar-refractivity contribution in [3.8, 4) is 0 Å². The van der Waals surface area contributed by atoms with Crippen molar-refractivity contribution in [3.05, 3.63) is 48.0 Å². The summed E-state index contributed by atoms with van der Waals surface area (Å²) >= 11 is 1.75. The number of amides is 1. The van der Waals surface area contributed by atoms with Gasteiger partial charge in [-0.3, -0.25) is 4.79 Å². The molecule has 0 aromatic heterocycles. The van der Waals surface area contributed by atoms with Gasteiger partial charge in [-0.1, -0.05) is 49.4 Å². The highest BCUT2D eigenvalue weighted by Crippen LogP contribution is 2.24. The number of carbonyl (C=O) groups is 1. The number of carbonyl (C=O) groups excluding carboxylic acids is 1. The fourth-order valence-electron chi connectivity index (χ4n) is 2.72. The minimum absolute atomic E-state index is 0.199. The predicted molar refractivity (Wildman–Crippen MR) is 102 cm³/mol. The average molecular weight is 346 g/mol. The molecule has 0 fully saturated rings. The molecular weight excluding hydrogens is 320 g/mol. The van der Waals surface area contributed by atoms with Crippen LogP contribution in [0.4, 0.5) is 0 Å². The molecule has 2 rings (SSSR count). The summed E-state index contributed by atoms with van der Waals surface area (Å²) in [5, 5.41) is 15.3. The molecule has 0 saturated heterocycles. The second-order valence-electron chi connectivity index (χ2n) is 5.89. The zero-order chi connectivity index (χ0) is 17.5. The second-order valence-corrected chi connectivity index (χ2v) is 7.29. The smallest absolute Gasteiger partial charge is 0.250 e. The summed E-state index contributed by atoms with van der Waals surface area (Å²) in [4.78, 5) is 12.3. The Hall–Kier alpha value is -1.56. The fourth-order valence-corrected chi connectivity index (χ4v) is 3.45.